The van der Waals surface area contributed by atoms with E-state index in [1.165, 1.54) is 7.11 Å². The monoisotopic (exact) mass is 380 g/mol. The summed E-state index contributed by atoms with van der Waals surface area (Å²) in [5.41, 5.74) is 0.0524. The minimum atomic E-state index is -0.288. The molecule has 0 heterocycles. The number of carbonyl (C=O) groups excluding carboxylic acids is 2. The highest BCUT2D eigenvalue weighted by Gasteiger charge is 2.44. The first-order valence-electron chi connectivity index (χ1n) is 10.8. The minimum absolute atomic E-state index is 0.0974. The maximum atomic E-state index is 13.0. The summed E-state index contributed by atoms with van der Waals surface area (Å²) in [6, 6.07) is 0. The first kappa shape index (κ1) is 24.2. The van der Waals surface area contributed by atoms with E-state index in [0.29, 0.717) is 36.4 Å². The average Bonchev–Trinajstić information content (AvgIpc) is 3.18. The summed E-state index contributed by atoms with van der Waals surface area (Å²) in [6.07, 6.45) is 6.47. The molecule has 158 valence electrons. The number of hydrogen-bond acceptors (Lipinski definition) is 3. The summed E-state index contributed by atoms with van der Waals surface area (Å²) in [5, 5.41) is 0. The molecular formula is C24H44O3. The van der Waals surface area contributed by atoms with Crippen molar-refractivity contribution in [1.29, 1.82) is 0 Å². The molecule has 1 rings (SSSR count). The van der Waals surface area contributed by atoms with E-state index >= 15 is 0 Å². The van der Waals surface area contributed by atoms with Crippen molar-refractivity contribution in [3.05, 3.63) is 0 Å². The molecule has 0 N–H and O–H groups in total. The first-order chi connectivity index (χ1) is 12.2. The Kier molecular flexibility index (Phi) is 8.14. The van der Waals surface area contributed by atoms with Gasteiger partial charge in [-0.15, -0.1) is 0 Å². The Morgan fingerprint density at radius 2 is 1.59 bits per heavy atom. The zero-order valence-electron chi connectivity index (χ0n) is 19.4. The lowest BCUT2D eigenvalue weighted by molar-refractivity contribution is -0.141. The van der Waals surface area contributed by atoms with E-state index in [1.54, 1.807) is 0 Å². The summed E-state index contributed by atoms with van der Waals surface area (Å²) in [4.78, 5) is 24.4. The number of ketones is 1. The van der Waals surface area contributed by atoms with Crippen LogP contribution >= 0.6 is 0 Å². The molecule has 27 heavy (non-hydrogen) atoms. The molecule has 0 radical (unpaired) electrons. The lowest BCUT2D eigenvalue weighted by Crippen LogP contribution is -2.32. The van der Waals surface area contributed by atoms with Gasteiger partial charge < -0.3 is 4.74 Å². The van der Waals surface area contributed by atoms with Gasteiger partial charge in [-0.25, -0.2) is 0 Å². The molecule has 0 saturated heterocycles. The molecular weight excluding hydrogens is 336 g/mol. The maximum absolute atomic E-state index is 13.0. The molecule has 1 fully saturated rings. The van der Waals surface area contributed by atoms with Crippen molar-refractivity contribution < 1.29 is 14.3 Å². The van der Waals surface area contributed by atoms with Gasteiger partial charge in [-0.2, -0.15) is 0 Å². The van der Waals surface area contributed by atoms with E-state index < -0.39 is 0 Å². The van der Waals surface area contributed by atoms with Gasteiger partial charge in [0.05, 0.1) is 7.11 Å². The predicted octanol–water partition coefficient (Wildman–Crippen LogP) is 6.44. The van der Waals surface area contributed by atoms with Gasteiger partial charge in [-0.1, -0.05) is 55.4 Å². The topological polar surface area (TPSA) is 43.4 Å². The van der Waals surface area contributed by atoms with E-state index in [1.807, 2.05) is 0 Å². The van der Waals surface area contributed by atoms with Crippen LogP contribution in [0.1, 0.15) is 100 Å². The number of esters is 1. The zero-order valence-corrected chi connectivity index (χ0v) is 19.4. The quantitative estimate of drug-likeness (QED) is 0.366. The van der Waals surface area contributed by atoms with Crippen molar-refractivity contribution in [3.63, 3.8) is 0 Å². The molecule has 3 nitrogen and oxygen atoms in total. The van der Waals surface area contributed by atoms with Gasteiger partial charge in [0.2, 0.25) is 0 Å². The molecule has 0 aromatic rings. The number of ether oxygens (including phenoxy) is 1. The van der Waals surface area contributed by atoms with Crippen LogP contribution in [0.4, 0.5) is 0 Å². The number of methoxy groups -OCH3 is 1. The maximum Gasteiger partial charge on any atom is 0.305 e. The second kappa shape index (κ2) is 9.09. The van der Waals surface area contributed by atoms with Crippen LogP contribution in [-0.2, 0) is 14.3 Å². The molecule has 0 spiro atoms. The number of hydrogen-bond donors (Lipinski definition) is 0. The van der Waals surface area contributed by atoms with Crippen LogP contribution in [0.2, 0.25) is 0 Å². The van der Waals surface area contributed by atoms with E-state index in [-0.39, 0.29) is 22.2 Å². The van der Waals surface area contributed by atoms with Crippen molar-refractivity contribution in [1.82, 2.24) is 0 Å². The van der Waals surface area contributed by atoms with E-state index in [2.05, 4.69) is 55.4 Å². The fourth-order valence-electron chi connectivity index (χ4n) is 5.18. The molecule has 3 heteroatoms. The first-order valence-corrected chi connectivity index (χ1v) is 10.8. The largest absolute Gasteiger partial charge is 0.469 e. The van der Waals surface area contributed by atoms with Crippen molar-refractivity contribution >= 4 is 11.8 Å². The summed E-state index contributed by atoms with van der Waals surface area (Å²) < 4.78 is 4.79. The second-order valence-electron chi connectivity index (χ2n) is 11.7. The van der Waals surface area contributed by atoms with Gasteiger partial charge in [-0.05, 0) is 60.7 Å². The van der Waals surface area contributed by atoms with Crippen molar-refractivity contribution in [2.75, 3.05) is 7.11 Å². The van der Waals surface area contributed by atoms with Gasteiger partial charge in [0, 0.05) is 18.3 Å². The molecule has 0 aromatic heterocycles. The van der Waals surface area contributed by atoms with Gasteiger partial charge in [-0.3, -0.25) is 9.59 Å². The Labute approximate surface area is 168 Å². The minimum Gasteiger partial charge on any atom is -0.469 e. The van der Waals surface area contributed by atoms with Crippen LogP contribution in [0, 0.1) is 34.0 Å². The average molecular weight is 381 g/mol. The Hall–Kier alpha value is -0.860. The van der Waals surface area contributed by atoms with Crippen LogP contribution in [-0.4, -0.2) is 18.9 Å². The highest BCUT2D eigenvalue weighted by molar-refractivity contribution is 5.84. The third kappa shape index (κ3) is 8.79. The highest BCUT2D eigenvalue weighted by atomic mass is 16.5. The zero-order chi connectivity index (χ0) is 21.0. The predicted molar refractivity (Wildman–Crippen MR) is 113 cm³/mol. The number of Topliss-reactive ketones (excluding diaryl/α,β-unsaturated/α-hetero) is 1. The Morgan fingerprint density at radius 1 is 1.00 bits per heavy atom. The van der Waals surface area contributed by atoms with Crippen LogP contribution in [0.5, 0.6) is 0 Å². The van der Waals surface area contributed by atoms with Crippen LogP contribution in [0.3, 0.4) is 0 Å². The molecule has 1 aliphatic rings. The van der Waals surface area contributed by atoms with E-state index in [4.69, 9.17) is 4.74 Å². The second-order valence-corrected chi connectivity index (χ2v) is 11.7. The van der Waals surface area contributed by atoms with Crippen LogP contribution in [0.15, 0.2) is 0 Å². The summed E-state index contributed by atoms with van der Waals surface area (Å²) >= 11 is 0. The van der Waals surface area contributed by atoms with Crippen molar-refractivity contribution in [3.8, 4) is 0 Å². The van der Waals surface area contributed by atoms with Crippen molar-refractivity contribution in [2.45, 2.75) is 100 Å². The van der Waals surface area contributed by atoms with E-state index in [9.17, 15) is 9.59 Å². The molecule has 0 aliphatic heterocycles. The smallest absolute Gasteiger partial charge is 0.305 e. The van der Waals surface area contributed by atoms with Gasteiger partial charge in [0.15, 0.2) is 0 Å². The number of rotatable bonds is 12. The summed E-state index contributed by atoms with van der Waals surface area (Å²) in [7, 11) is 1.46. The van der Waals surface area contributed by atoms with Gasteiger partial charge in [0.1, 0.15) is 5.78 Å². The van der Waals surface area contributed by atoms with E-state index in [0.717, 1.165) is 32.1 Å². The molecule has 2 unspecified atom stereocenters. The Bertz CT molecular complexity index is 514. The molecule has 0 bridgehead atoms. The normalized spacial score (nSPS) is 20.7. The summed E-state index contributed by atoms with van der Waals surface area (Å²) in [6.45, 7) is 17.9. The molecule has 1 aliphatic carbocycles. The molecule has 2 atom stereocenters. The lowest BCUT2D eigenvalue weighted by atomic mass is 9.69. The Morgan fingerprint density at radius 3 is 2.11 bits per heavy atom. The fourth-order valence-corrected chi connectivity index (χ4v) is 5.18. The SMILES string of the molecule is COC(=O)CC1CC1CC(C)(C)CC(C)(C)C(=O)CCC(C)(C)CC(C)C. The molecule has 0 amide bonds. The highest BCUT2D eigenvalue weighted by Crippen LogP contribution is 2.51. The van der Waals surface area contributed by atoms with Crippen LogP contribution in [0.25, 0.3) is 0 Å². The fraction of sp³-hybridized carbons (Fsp3) is 0.917. The third-order valence-corrected chi connectivity index (χ3v) is 6.21. The number of carbonyl (C=O) groups is 2. The molecule has 0 aromatic carbocycles. The van der Waals surface area contributed by atoms with Crippen LogP contribution < -0.4 is 0 Å². The molecule has 1 saturated carbocycles. The Balaban J connectivity index is 2.52. The standard InChI is InChI=1S/C24H44O3/c1-17(2)14-22(3,4)11-10-20(25)24(7,8)16-23(5,6)15-19-12-18(19)13-21(26)27-9/h17-19H,10-16H2,1-9H3. The van der Waals surface area contributed by atoms with Crippen molar-refractivity contribution in [2.24, 2.45) is 34.0 Å². The van der Waals surface area contributed by atoms with Gasteiger partial charge >= 0.3 is 5.97 Å². The lowest BCUT2D eigenvalue weighted by Gasteiger charge is -2.35. The summed E-state index contributed by atoms with van der Waals surface area (Å²) in [5.74, 6) is 2.05. The third-order valence-electron chi connectivity index (χ3n) is 6.21. The van der Waals surface area contributed by atoms with Gasteiger partial charge in [0.25, 0.3) is 0 Å².